The quantitative estimate of drug-likeness (QED) is 0.221. The lowest BCUT2D eigenvalue weighted by Gasteiger charge is -2.31. The zero-order chi connectivity index (χ0) is 12.4. The van der Waals surface area contributed by atoms with Gasteiger partial charge in [0.2, 0.25) is 0 Å². The Morgan fingerprint density at radius 3 is 2.25 bits per heavy atom. The van der Waals surface area contributed by atoms with Gasteiger partial charge >= 0.3 is 5.97 Å². The SMILES string of the molecule is CC/C=C/C(=O)OCC[N+](CO)(CO)CO. The maximum Gasteiger partial charge on any atom is 0.330 e. The van der Waals surface area contributed by atoms with E-state index in [0.717, 1.165) is 6.42 Å². The fourth-order valence-electron chi connectivity index (χ4n) is 0.948. The predicted molar refractivity (Wildman–Crippen MR) is 56.8 cm³/mol. The van der Waals surface area contributed by atoms with Crippen LogP contribution in [-0.4, -0.2) is 59.1 Å². The fraction of sp³-hybridized carbons (Fsp3) is 0.700. The second kappa shape index (κ2) is 8.23. The minimum Gasteiger partial charge on any atom is -0.457 e. The smallest absolute Gasteiger partial charge is 0.330 e. The van der Waals surface area contributed by atoms with E-state index in [1.54, 1.807) is 6.08 Å². The first kappa shape index (κ1) is 15.0. The van der Waals surface area contributed by atoms with Crippen LogP contribution >= 0.6 is 0 Å². The molecule has 0 spiro atoms. The van der Waals surface area contributed by atoms with Crippen LogP contribution in [0.2, 0.25) is 0 Å². The average molecular weight is 234 g/mol. The zero-order valence-electron chi connectivity index (χ0n) is 9.50. The summed E-state index contributed by atoms with van der Waals surface area (Å²) < 4.78 is 4.52. The molecule has 3 N–H and O–H groups in total. The number of hydrogen-bond donors (Lipinski definition) is 3. The molecule has 0 aromatic carbocycles. The molecule has 0 fully saturated rings. The summed E-state index contributed by atoms with van der Waals surface area (Å²) in [6, 6.07) is 0. The molecule has 94 valence electrons. The van der Waals surface area contributed by atoms with Crippen LogP contribution in [0, 0.1) is 0 Å². The number of aliphatic hydroxyl groups excluding tert-OH is 3. The first-order valence-corrected chi connectivity index (χ1v) is 5.15. The highest BCUT2D eigenvalue weighted by Crippen LogP contribution is 2.01. The average Bonchev–Trinajstić information content (AvgIpc) is 2.33. The predicted octanol–water partition coefficient (Wildman–Crippen LogP) is -0.838. The first-order chi connectivity index (χ1) is 7.64. The van der Waals surface area contributed by atoms with E-state index >= 15 is 0 Å². The molecule has 0 aromatic rings. The molecule has 6 heteroatoms. The molecule has 0 atom stereocenters. The van der Waals surface area contributed by atoms with Gasteiger partial charge in [-0.15, -0.1) is 0 Å². The largest absolute Gasteiger partial charge is 0.457 e. The minimum atomic E-state index is -0.464. The van der Waals surface area contributed by atoms with Crippen LogP contribution in [0.25, 0.3) is 0 Å². The number of esters is 1. The molecule has 0 aliphatic carbocycles. The van der Waals surface area contributed by atoms with Crippen LogP contribution in [0.4, 0.5) is 0 Å². The van der Waals surface area contributed by atoms with Crippen LogP contribution in [0.15, 0.2) is 12.2 Å². The van der Waals surface area contributed by atoms with E-state index in [4.69, 9.17) is 20.1 Å². The summed E-state index contributed by atoms with van der Waals surface area (Å²) >= 11 is 0. The van der Waals surface area contributed by atoms with Gasteiger partial charge in [-0.25, -0.2) is 4.79 Å². The lowest BCUT2D eigenvalue weighted by Crippen LogP contribution is -2.52. The molecule has 0 heterocycles. The molecular formula is C10H20NO5+. The van der Waals surface area contributed by atoms with Gasteiger partial charge in [0.15, 0.2) is 20.2 Å². The van der Waals surface area contributed by atoms with Crippen molar-refractivity contribution in [3.8, 4) is 0 Å². The second-order valence-corrected chi connectivity index (χ2v) is 3.47. The van der Waals surface area contributed by atoms with E-state index in [9.17, 15) is 4.79 Å². The number of nitrogens with zero attached hydrogens (tertiary/aromatic N) is 1. The third-order valence-electron chi connectivity index (χ3n) is 2.20. The van der Waals surface area contributed by atoms with E-state index in [0.29, 0.717) is 0 Å². The molecule has 0 unspecified atom stereocenters. The molecule has 0 aliphatic heterocycles. The number of carbonyl (C=O) groups is 1. The molecule has 16 heavy (non-hydrogen) atoms. The van der Waals surface area contributed by atoms with Crippen LogP contribution in [0.5, 0.6) is 0 Å². The summed E-state index contributed by atoms with van der Waals surface area (Å²) in [7, 11) is 0. The van der Waals surface area contributed by atoms with E-state index in [2.05, 4.69) is 0 Å². The van der Waals surface area contributed by atoms with Crippen molar-refractivity contribution in [2.75, 3.05) is 33.3 Å². The molecular weight excluding hydrogens is 214 g/mol. The van der Waals surface area contributed by atoms with Gasteiger partial charge in [-0.2, -0.15) is 0 Å². The molecule has 0 radical (unpaired) electrons. The van der Waals surface area contributed by atoms with Crippen molar-refractivity contribution in [2.45, 2.75) is 13.3 Å². The standard InChI is InChI=1S/C10H20NO5/c1-2-3-4-10(15)16-6-5-11(7-12,8-13)9-14/h3-4,12-14H,2,5-9H2,1H3/q+1/b4-3+. The summed E-state index contributed by atoms with van der Waals surface area (Å²) in [5.41, 5.74) is 0. The van der Waals surface area contributed by atoms with Gasteiger partial charge in [0.25, 0.3) is 0 Å². The van der Waals surface area contributed by atoms with E-state index in [-0.39, 0.29) is 17.6 Å². The number of quaternary nitrogens is 1. The maximum absolute atomic E-state index is 11.0. The Morgan fingerprint density at radius 2 is 1.81 bits per heavy atom. The number of allylic oxidation sites excluding steroid dienone is 1. The van der Waals surface area contributed by atoms with Crippen LogP contribution < -0.4 is 0 Å². The highest BCUT2D eigenvalue weighted by molar-refractivity contribution is 5.81. The highest BCUT2D eigenvalue weighted by atomic mass is 16.5. The van der Waals surface area contributed by atoms with Gasteiger partial charge in [-0.1, -0.05) is 13.0 Å². The monoisotopic (exact) mass is 234 g/mol. The molecule has 0 aliphatic rings. The Kier molecular flexibility index (Phi) is 7.74. The van der Waals surface area contributed by atoms with Crippen LogP contribution in [0.1, 0.15) is 13.3 Å². The molecule has 0 amide bonds. The first-order valence-electron chi connectivity index (χ1n) is 5.15. The maximum atomic E-state index is 11.0. The Labute approximate surface area is 95.0 Å². The summed E-state index contributed by atoms with van der Waals surface area (Å²) in [5.74, 6) is -0.464. The number of carbonyl (C=O) groups excluding carboxylic acids is 1. The molecule has 0 bridgehead atoms. The van der Waals surface area contributed by atoms with Gasteiger partial charge in [0.05, 0.1) is 0 Å². The fourth-order valence-corrected chi connectivity index (χ4v) is 0.948. The number of hydrogen-bond acceptors (Lipinski definition) is 5. The third-order valence-corrected chi connectivity index (χ3v) is 2.20. The molecule has 0 saturated carbocycles. The van der Waals surface area contributed by atoms with Gasteiger partial charge < -0.3 is 20.1 Å². The number of aliphatic hydroxyl groups is 3. The summed E-state index contributed by atoms with van der Waals surface area (Å²) in [5, 5.41) is 26.9. The summed E-state index contributed by atoms with van der Waals surface area (Å²) in [6.07, 6.45) is 3.75. The van der Waals surface area contributed by atoms with E-state index < -0.39 is 26.2 Å². The van der Waals surface area contributed by atoms with Crippen molar-refractivity contribution in [1.29, 1.82) is 0 Å². The van der Waals surface area contributed by atoms with Crippen molar-refractivity contribution in [3.05, 3.63) is 12.2 Å². The molecule has 0 aromatic heterocycles. The molecule has 0 rings (SSSR count). The normalized spacial score (nSPS) is 12.0. The summed E-state index contributed by atoms with van der Waals surface area (Å²) in [4.78, 5) is 11.0. The Hall–Kier alpha value is -0.950. The highest BCUT2D eigenvalue weighted by Gasteiger charge is 2.24. The topological polar surface area (TPSA) is 87.0 Å². The molecule has 6 nitrogen and oxygen atoms in total. The van der Waals surface area contributed by atoms with Gasteiger partial charge in [0.1, 0.15) is 13.2 Å². The Balaban J connectivity index is 3.95. The van der Waals surface area contributed by atoms with Crippen LogP contribution in [-0.2, 0) is 9.53 Å². The number of rotatable bonds is 8. The van der Waals surface area contributed by atoms with Gasteiger partial charge in [-0.05, 0) is 6.42 Å². The van der Waals surface area contributed by atoms with Gasteiger partial charge in [0, 0.05) is 6.08 Å². The Morgan fingerprint density at radius 1 is 1.25 bits per heavy atom. The van der Waals surface area contributed by atoms with Gasteiger partial charge in [-0.3, -0.25) is 4.48 Å². The number of ether oxygens (including phenoxy) is 1. The third kappa shape index (κ3) is 5.22. The van der Waals surface area contributed by atoms with Crippen molar-refractivity contribution < 1.29 is 29.3 Å². The summed E-state index contributed by atoms with van der Waals surface area (Å²) in [6.45, 7) is 0.874. The van der Waals surface area contributed by atoms with Crippen molar-refractivity contribution in [2.24, 2.45) is 0 Å². The van der Waals surface area contributed by atoms with Crippen molar-refractivity contribution in [3.63, 3.8) is 0 Å². The Bertz CT molecular complexity index is 217. The lowest BCUT2D eigenvalue weighted by molar-refractivity contribution is -0.976. The lowest BCUT2D eigenvalue weighted by atomic mass is 10.4. The van der Waals surface area contributed by atoms with E-state index in [1.165, 1.54) is 6.08 Å². The zero-order valence-corrected chi connectivity index (χ0v) is 9.50. The van der Waals surface area contributed by atoms with Crippen molar-refractivity contribution >= 4 is 5.97 Å². The minimum absolute atomic E-state index is 0.0363. The van der Waals surface area contributed by atoms with Crippen molar-refractivity contribution in [1.82, 2.24) is 0 Å². The van der Waals surface area contributed by atoms with E-state index in [1.807, 2.05) is 6.92 Å². The second-order valence-electron chi connectivity index (χ2n) is 3.47. The molecule has 0 saturated heterocycles. The van der Waals surface area contributed by atoms with Crippen LogP contribution in [0.3, 0.4) is 0 Å².